The van der Waals surface area contributed by atoms with E-state index in [-0.39, 0.29) is 5.91 Å². The molecule has 1 amide bonds. The first kappa shape index (κ1) is 7.85. The van der Waals surface area contributed by atoms with E-state index in [2.05, 4.69) is 5.32 Å². The lowest BCUT2D eigenvalue weighted by Gasteiger charge is -2.01. The van der Waals surface area contributed by atoms with Crippen molar-refractivity contribution in [2.24, 2.45) is 0 Å². The molecule has 0 atom stereocenters. The van der Waals surface area contributed by atoms with Gasteiger partial charge < -0.3 is 9.88 Å². The number of likely N-dealkylation sites (N-methyl/N-ethyl adjacent to an activating group) is 1. The summed E-state index contributed by atoms with van der Waals surface area (Å²) in [5, 5.41) is 2.72. The van der Waals surface area contributed by atoms with Gasteiger partial charge in [0.15, 0.2) is 0 Å². The minimum atomic E-state index is 0.0590. The van der Waals surface area contributed by atoms with Crippen molar-refractivity contribution in [1.82, 2.24) is 9.88 Å². The van der Waals surface area contributed by atoms with E-state index >= 15 is 0 Å². The molecule has 0 aliphatic heterocycles. The minimum absolute atomic E-state index is 0.0590. The Morgan fingerprint density at radius 3 is 2.64 bits per heavy atom. The zero-order valence-corrected chi connectivity index (χ0v) is 6.58. The van der Waals surface area contributed by atoms with E-state index in [1.807, 2.05) is 36.0 Å². The van der Waals surface area contributed by atoms with Crippen molar-refractivity contribution in [2.45, 2.75) is 13.5 Å². The first-order valence-electron chi connectivity index (χ1n) is 3.70. The normalized spacial score (nSPS) is 9.55. The van der Waals surface area contributed by atoms with Crippen LogP contribution in [0.5, 0.6) is 0 Å². The number of hydrogen-bond donors (Lipinski definition) is 1. The number of amides is 1. The first-order chi connectivity index (χ1) is 5.33. The van der Waals surface area contributed by atoms with E-state index in [1.54, 1.807) is 0 Å². The van der Waals surface area contributed by atoms with Crippen LogP contribution in [0.2, 0.25) is 0 Å². The fourth-order valence-electron chi connectivity index (χ4n) is 0.894. The van der Waals surface area contributed by atoms with E-state index in [0.717, 1.165) is 0 Å². The molecule has 0 saturated heterocycles. The molecule has 0 saturated carbocycles. The van der Waals surface area contributed by atoms with Crippen molar-refractivity contribution >= 4 is 5.91 Å². The zero-order valence-electron chi connectivity index (χ0n) is 6.58. The molecule has 0 unspecified atom stereocenters. The average Bonchev–Trinajstić information content (AvgIpc) is 2.40. The molecule has 1 N–H and O–H groups in total. The van der Waals surface area contributed by atoms with Gasteiger partial charge >= 0.3 is 0 Å². The summed E-state index contributed by atoms with van der Waals surface area (Å²) in [7, 11) is 0. The molecule has 3 nitrogen and oxygen atoms in total. The molecule has 0 radical (unpaired) electrons. The third kappa shape index (κ3) is 2.45. The van der Waals surface area contributed by atoms with Gasteiger partial charge in [0.1, 0.15) is 6.54 Å². The fourth-order valence-corrected chi connectivity index (χ4v) is 0.894. The van der Waals surface area contributed by atoms with Crippen LogP contribution in [-0.4, -0.2) is 17.0 Å². The van der Waals surface area contributed by atoms with Crippen molar-refractivity contribution in [1.29, 1.82) is 0 Å². The summed E-state index contributed by atoms with van der Waals surface area (Å²) in [6.45, 7) is 3.02. The van der Waals surface area contributed by atoms with Crippen LogP contribution in [0.3, 0.4) is 0 Å². The van der Waals surface area contributed by atoms with E-state index < -0.39 is 0 Å². The second kappa shape index (κ2) is 3.81. The van der Waals surface area contributed by atoms with E-state index in [0.29, 0.717) is 13.1 Å². The Bertz CT molecular complexity index is 216. The monoisotopic (exact) mass is 152 g/mol. The van der Waals surface area contributed by atoms with Crippen LogP contribution in [0.25, 0.3) is 0 Å². The standard InChI is InChI=1S/C8H12N2O/c1-2-9-8(11)7-10-5-3-4-6-10/h3-6H,2,7H2,1H3,(H,9,11). The molecule has 0 fully saturated rings. The third-order valence-electron chi connectivity index (χ3n) is 1.37. The maximum Gasteiger partial charge on any atom is 0.239 e. The van der Waals surface area contributed by atoms with Crippen LogP contribution in [0.4, 0.5) is 0 Å². The molecule has 3 heteroatoms. The maximum atomic E-state index is 11.0. The fraction of sp³-hybridized carbons (Fsp3) is 0.375. The number of nitrogens with zero attached hydrogens (tertiary/aromatic N) is 1. The summed E-state index contributed by atoms with van der Waals surface area (Å²) >= 11 is 0. The van der Waals surface area contributed by atoms with Crippen LogP contribution < -0.4 is 5.32 Å². The number of carbonyl (C=O) groups is 1. The molecule has 0 bridgehead atoms. The van der Waals surface area contributed by atoms with Gasteiger partial charge in [-0.1, -0.05) is 0 Å². The molecular weight excluding hydrogens is 140 g/mol. The summed E-state index contributed by atoms with van der Waals surface area (Å²) in [5.74, 6) is 0.0590. The van der Waals surface area contributed by atoms with Crippen molar-refractivity contribution in [3.05, 3.63) is 24.5 Å². The van der Waals surface area contributed by atoms with Crippen LogP contribution in [0.15, 0.2) is 24.5 Å². The Morgan fingerprint density at radius 2 is 2.09 bits per heavy atom. The van der Waals surface area contributed by atoms with E-state index in [9.17, 15) is 4.79 Å². The van der Waals surface area contributed by atoms with Crippen molar-refractivity contribution < 1.29 is 4.79 Å². The van der Waals surface area contributed by atoms with Crippen LogP contribution in [0, 0.1) is 0 Å². The highest BCUT2D eigenvalue weighted by Gasteiger charge is 1.97. The lowest BCUT2D eigenvalue weighted by Crippen LogP contribution is -2.26. The highest BCUT2D eigenvalue weighted by molar-refractivity contribution is 5.75. The summed E-state index contributed by atoms with van der Waals surface area (Å²) in [5.41, 5.74) is 0. The molecule has 0 aliphatic carbocycles. The third-order valence-corrected chi connectivity index (χ3v) is 1.37. The Balaban J connectivity index is 2.37. The SMILES string of the molecule is CCNC(=O)Cn1cccc1. The Labute approximate surface area is 66.0 Å². The van der Waals surface area contributed by atoms with Gasteiger partial charge in [-0.25, -0.2) is 0 Å². The lowest BCUT2D eigenvalue weighted by molar-refractivity contribution is -0.121. The summed E-state index contributed by atoms with van der Waals surface area (Å²) in [6, 6.07) is 3.80. The number of hydrogen-bond acceptors (Lipinski definition) is 1. The quantitative estimate of drug-likeness (QED) is 0.677. The van der Waals surface area contributed by atoms with E-state index in [1.165, 1.54) is 0 Å². The minimum Gasteiger partial charge on any atom is -0.355 e. The van der Waals surface area contributed by atoms with Gasteiger partial charge in [0.05, 0.1) is 0 Å². The second-order valence-electron chi connectivity index (χ2n) is 2.31. The van der Waals surface area contributed by atoms with Crippen LogP contribution in [-0.2, 0) is 11.3 Å². The Hall–Kier alpha value is -1.25. The predicted octanol–water partition coefficient (Wildman–Crippen LogP) is 0.624. The molecule has 0 aliphatic rings. The molecular formula is C8H12N2O. The van der Waals surface area contributed by atoms with E-state index in [4.69, 9.17) is 0 Å². The van der Waals surface area contributed by atoms with Gasteiger partial charge in [0.25, 0.3) is 0 Å². The molecule has 1 aromatic heterocycles. The first-order valence-corrected chi connectivity index (χ1v) is 3.70. The Kier molecular flexibility index (Phi) is 2.72. The van der Waals surface area contributed by atoms with Gasteiger partial charge in [-0.3, -0.25) is 4.79 Å². The predicted molar refractivity (Wildman–Crippen MR) is 43.1 cm³/mol. The van der Waals surface area contributed by atoms with Gasteiger partial charge in [-0.15, -0.1) is 0 Å². The molecule has 0 aromatic carbocycles. The number of nitrogens with one attached hydrogen (secondary N) is 1. The maximum absolute atomic E-state index is 11.0. The van der Waals surface area contributed by atoms with Gasteiger partial charge in [0, 0.05) is 18.9 Å². The number of carbonyl (C=O) groups excluding carboxylic acids is 1. The number of rotatable bonds is 3. The van der Waals surface area contributed by atoms with Crippen LogP contribution >= 0.6 is 0 Å². The van der Waals surface area contributed by atoms with Crippen molar-refractivity contribution in [3.63, 3.8) is 0 Å². The van der Waals surface area contributed by atoms with Crippen molar-refractivity contribution in [2.75, 3.05) is 6.54 Å². The topological polar surface area (TPSA) is 34.0 Å². The Morgan fingerprint density at radius 1 is 1.45 bits per heavy atom. The summed E-state index contributed by atoms with van der Waals surface area (Å²) < 4.78 is 1.84. The van der Waals surface area contributed by atoms with Crippen molar-refractivity contribution in [3.8, 4) is 0 Å². The van der Waals surface area contributed by atoms with Crippen LogP contribution in [0.1, 0.15) is 6.92 Å². The molecule has 11 heavy (non-hydrogen) atoms. The molecule has 1 aromatic rings. The smallest absolute Gasteiger partial charge is 0.239 e. The summed E-state index contributed by atoms with van der Waals surface area (Å²) in [4.78, 5) is 11.0. The molecule has 1 rings (SSSR count). The van der Waals surface area contributed by atoms with Gasteiger partial charge in [-0.05, 0) is 19.1 Å². The largest absolute Gasteiger partial charge is 0.355 e. The van der Waals surface area contributed by atoms with Gasteiger partial charge in [0.2, 0.25) is 5.91 Å². The highest BCUT2D eigenvalue weighted by Crippen LogP contribution is 1.88. The average molecular weight is 152 g/mol. The molecule has 60 valence electrons. The van der Waals surface area contributed by atoms with Gasteiger partial charge in [-0.2, -0.15) is 0 Å². The summed E-state index contributed by atoms with van der Waals surface area (Å²) in [6.07, 6.45) is 3.74. The second-order valence-corrected chi connectivity index (χ2v) is 2.31. The lowest BCUT2D eigenvalue weighted by atomic mass is 10.5. The highest BCUT2D eigenvalue weighted by atomic mass is 16.1. The number of aromatic nitrogens is 1. The zero-order chi connectivity index (χ0) is 8.10. The molecule has 1 heterocycles. The molecule has 0 spiro atoms.